The zero-order chi connectivity index (χ0) is 17.1. The van der Waals surface area contributed by atoms with Gasteiger partial charge in [-0.05, 0) is 19.3 Å². The van der Waals surface area contributed by atoms with Crippen LogP contribution >= 0.6 is 11.8 Å². The third kappa shape index (κ3) is 6.74. The van der Waals surface area contributed by atoms with Crippen LogP contribution in [0.4, 0.5) is 0 Å². The number of nitrogens with one attached hydrogen (secondary N) is 1. The highest BCUT2D eigenvalue weighted by atomic mass is 32.2. The Morgan fingerprint density at radius 3 is 2.43 bits per heavy atom. The summed E-state index contributed by atoms with van der Waals surface area (Å²) in [6, 6.07) is -0.271. The Labute approximate surface area is 146 Å². The van der Waals surface area contributed by atoms with Crippen LogP contribution in [0.2, 0.25) is 0 Å². The van der Waals surface area contributed by atoms with Gasteiger partial charge in [0.05, 0.1) is 5.37 Å². The molecule has 23 heavy (non-hydrogen) atoms. The number of unbranched alkanes of at least 4 members (excludes halogenated alkanes) is 4. The Morgan fingerprint density at radius 2 is 1.78 bits per heavy atom. The second-order valence-corrected chi connectivity index (χ2v) is 7.56. The molecule has 1 saturated heterocycles. The lowest BCUT2D eigenvalue weighted by atomic mass is 10.1. The number of thioether (sulfide) groups is 1. The summed E-state index contributed by atoms with van der Waals surface area (Å²) >= 11 is 1.76. The van der Waals surface area contributed by atoms with Crippen LogP contribution in [-0.2, 0) is 9.59 Å². The molecule has 2 unspecified atom stereocenters. The maximum atomic E-state index is 12.6. The zero-order valence-corrected chi connectivity index (χ0v) is 15.9. The first-order valence-electron chi connectivity index (χ1n) is 9.36. The normalized spacial score (nSPS) is 20.7. The predicted molar refractivity (Wildman–Crippen MR) is 98.5 cm³/mol. The fraction of sp³-hybridized carbons (Fsp3) is 0.889. The van der Waals surface area contributed by atoms with E-state index < -0.39 is 0 Å². The third-order valence-corrected chi connectivity index (χ3v) is 5.65. The Balaban J connectivity index is 2.55. The summed E-state index contributed by atoms with van der Waals surface area (Å²) in [7, 11) is 0. The van der Waals surface area contributed by atoms with Crippen LogP contribution in [-0.4, -0.2) is 40.4 Å². The van der Waals surface area contributed by atoms with Crippen LogP contribution in [0.25, 0.3) is 0 Å². The minimum absolute atomic E-state index is 0.0393. The van der Waals surface area contributed by atoms with E-state index in [9.17, 15) is 9.59 Å². The molecule has 1 heterocycles. The molecule has 0 saturated carbocycles. The van der Waals surface area contributed by atoms with E-state index >= 15 is 0 Å². The van der Waals surface area contributed by atoms with Crippen molar-refractivity contribution in [3.05, 3.63) is 0 Å². The molecule has 1 aliphatic heterocycles. The van der Waals surface area contributed by atoms with Gasteiger partial charge in [-0.25, -0.2) is 0 Å². The monoisotopic (exact) mass is 342 g/mol. The second kappa shape index (κ2) is 11.8. The van der Waals surface area contributed by atoms with Crippen molar-refractivity contribution in [2.45, 2.75) is 90.0 Å². The highest BCUT2D eigenvalue weighted by molar-refractivity contribution is 8.00. The van der Waals surface area contributed by atoms with Crippen molar-refractivity contribution in [1.82, 2.24) is 10.2 Å². The fourth-order valence-electron chi connectivity index (χ4n) is 2.91. The third-order valence-electron chi connectivity index (χ3n) is 4.29. The average molecular weight is 343 g/mol. The van der Waals surface area contributed by atoms with Gasteiger partial charge in [0.1, 0.15) is 6.04 Å². The van der Waals surface area contributed by atoms with Gasteiger partial charge in [0.2, 0.25) is 11.8 Å². The number of hydrogen-bond acceptors (Lipinski definition) is 3. The quantitative estimate of drug-likeness (QED) is 0.579. The number of nitrogens with zero attached hydrogens (tertiary/aromatic N) is 1. The van der Waals surface area contributed by atoms with E-state index in [-0.39, 0.29) is 23.2 Å². The molecule has 2 atom stereocenters. The minimum Gasteiger partial charge on any atom is -0.354 e. The summed E-state index contributed by atoms with van der Waals surface area (Å²) in [5.74, 6) is 0.933. The van der Waals surface area contributed by atoms with E-state index in [2.05, 4.69) is 26.1 Å². The van der Waals surface area contributed by atoms with Crippen molar-refractivity contribution in [1.29, 1.82) is 0 Å². The lowest BCUT2D eigenvalue weighted by Gasteiger charge is -2.29. The first-order chi connectivity index (χ1) is 11.2. The van der Waals surface area contributed by atoms with Gasteiger partial charge in [0.15, 0.2) is 0 Å². The van der Waals surface area contributed by atoms with Gasteiger partial charge in [-0.3, -0.25) is 9.59 Å². The molecule has 0 aromatic carbocycles. The van der Waals surface area contributed by atoms with Crippen LogP contribution in [0.5, 0.6) is 0 Å². The van der Waals surface area contributed by atoms with Crippen LogP contribution in [0.1, 0.15) is 78.6 Å². The molecule has 0 radical (unpaired) electrons. The summed E-state index contributed by atoms with van der Waals surface area (Å²) in [5.41, 5.74) is 0. The smallest absolute Gasteiger partial charge is 0.243 e. The molecular weight excluding hydrogens is 308 g/mol. The maximum absolute atomic E-state index is 12.6. The van der Waals surface area contributed by atoms with Gasteiger partial charge in [-0.15, -0.1) is 11.8 Å². The molecule has 0 spiro atoms. The second-order valence-electron chi connectivity index (χ2n) is 6.35. The summed E-state index contributed by atoms with van der Waals surface area (Å²) in [6.07, 6.45) is 9.11. The topological polar surface area (TPSA) is 49.4 Å². The Hall–Kier alpha value is -0.710. The van der Waals surface area contributed by atoms with E-state index in [1.165, 1.54) is 12.8 Å². The molecule has 1 rings (SSSR count). The van der Waals surface area contributed by atoms with Gasteiger partial charge in [0, 0.05) is 18.7 Å². The van der Waals surface area contributed by atoms with Crippen LogP contribution in [0.15, 0.2) is 0 Å². The molecule has 1 aliphatic rings. The number of carbonyl (C=O) groups is 2. The standard InChI is InChI=1S/C18H34N2O2S/c1-4-7-9-10-13-19-18(22)15-14-23-17(11-6-3)20(15)16(21)12-8-5-2/h15,17H,4-14H2,1-3H3,(H,19,22). The maximum Gasteiger partial charge on any atom is 0.243 e. The van der Waals surface area contributed by atoms with Gasteiger partial charge < -0.3 is 10.2 Å². The van der Waals surface area contributed by atoms with Gasteiger partial charge in [-0.2, -0.15) is 0 Å². The first kappa shape index (κ1) is 20.3. The van der Waals surface area contributed by atoms with Crippen molar-refractivity contribution in [3.8, 4) is 0 Å². The Bertz CT molecular complexity index is 363. The molecule has 1 fully saturated rings. The number of rotatable bonds is 11. The molecule has 134 valence electrons. The lowest BCUT2D eigenvalue weighted by molar-refractivity contribution is -0.139. The molecule has 0 aromatic heterocycles. The SMILES string of the molecule is CCCCCCNC(=O)C1CSC(CCC)N1C(=O)CCCC. The summed E-state index contributed by atoms with van der Waals surface area (Å²) < 4.78 is 0. The largest absolute Gasteiger partial charge is 0.354 e. The average Bonchev–Trinajstić information content (AvgIpc) is 2.96. The van der Waals surface area contributed by atoms with Gasteiger partial charge in [-0.1, -0.05) is 52.9 Å². The van der Waals surface area contributed by atoms with Crippen LogP contribution in [0.3, 0.4) is 0 Å². The minimum atomic E-state index is -0.271. The summed E-state index contributed by atoms with van der Waals surface area (Å²) in [4.78, 5) is 26.9. The van der Waals surface area contributed by atoms with Crippen LogP contribution < -0.4 is 5.32 Å². The van der Waals surface area contributed by atoms with Crippen molar-refractivity contribution >= 4 is 23.6 Å². The first-order valence-corrected chi connectivity index (χ1v) is 10.4. The number of carbonyl (C=O) groups excluding carboxylic acids is 2. The molecular formula is C18H34N2O2S. The lowest BCUT2D eigenvalue weighted by Crippen LogP contribution is -2.49. The van der Waals surface area contributed by atoms with Gasteiger partial charge in [0.25, 0.3) is 0 Å². The molecule has 5 heteroatoms. The van der Waals surface area contributed by atoms with Crippen LogP contribution in [0, 0.1) is 0 Å². The van der Waals surface area contributed by atoms with Crippen molar-refractivity contribution in [2.75, 3.05) is 12.3 Å². The molecule has 1 N–H and O–H groups in total. The summed E-state index contributed by atoms with van der Waals surface area (Å²) in [5, 5.41) is 3.22. The molecule has 0 aromatic rings. The van der Waals surface area contributed by atoms with Crippen molar-refractivity contribution in [3.63, 3.8) is 0 Å². The Morgan fingerprint density at radius 1 is 1.04 bits per heavy atom. The highest BCUT2D eigenvalue weighted by Crippen LogP contribution is 2.33. The number of amides is 2. The number of hydrogen-bond donors (Lipinski definition) is 1. The molecule has 0 aliphatic carbocycles. The van der Waals surface area contributed by atoms with Gasteiger partial charge >= 0.3 is 0 Å². The Kier molecular flexibility index (Phi) is 10.4. The van der Waals surface area contributed by atoms with Crippen molar-refractivity contribution in [2.24, 2.45) is 0 Å². The predicted octanol–water partition coefficient (Wildman–Crippen LogP) is 3.94. The van der Waals surface area contributed by atoms with E-state index in [1.54, 1.807) is 11.8 Å². The summed E-state index contributed by atoms with van der Waals surface area (Å²) in [6.45, 7) is 7.14. The molecule has 0 bridgehead atoms. The van der Waals surface area contributed by atoms with E-state index in [0.29, 0.717) is 6.42 Å². The molecule has 2 amide bonds. The highest BCUT2D eigenvalue weighted by Gasteiger charge is 2.40. The van der Waals surface area contributed by atoms with E-state index in [0.717, 1.165) is 50.8 Å². The van der Waals surface area contributed by atoms with E-state index in [4.69, 9.17) is 0 Å². The van der Waals surface area contributed by atoms with Crippen molar-refractivity contribution < 1.29 is 9.59 Å². The fourth-order valence-corrected chi connectivity index (χ4v) is 4.45. The molecule has 4 nitrogen and oxygen atoms in total. The zero-order valence-electron chi connectivity index (χ0n) is 15.1. The van der Waals surface area contributed by atoms with E-state index in [1.807, 2.05) is 4.90 Å².